The maximum absolute atomic E-state index is 11.6. The van der Waals surface area contributed by atoms with Crippen molar-refractivity contribution in [3.63, 3.8) is 0 Å². The van der Waals surface area contributed by atoms with Crippen molar-refractivity contribution in [1.29, 1.82) is 0 Å². The van der Waals surface area contributed by atoms with Gasteiger partial charge in [-0.3, -0.25) is 4.79 Å². The van der Waals surface area contributed by atoms with E-state index in [0.29, 0.717) is 19.5 Å². The summed E-state index contributed by atoms with van der Waals surface area (Å²) in [4.78, 5) is 11.6. The first-order valence-electron chi connectivity index (χ1n) is 5.85. The van der Waals surface area contributed by atoms with Crippen molar-refractivity contribution < 1.29 is 4.79 Å². The molecule has 4 heteroatoms. The Labute approximate surface area is 111 Å². The molecule has 17 heavy (non-hydrogen) atoms. The zero-order valence-corrected chi connectivity index (χ0v) is 11.7. The zero-order valence-electron chi connectivity index (χ0n) is 10.1. The molecule has 0 heterocycles. The van der Waals surface area contributed by atoms with Gasteiger partial charge in [-0.15, -0.1) is 0 Å². The third-order valence-corrected chi connectivity index (χ3v) is 3.16. The summed E-state index contributed by atoms with van der Waals surface area (Å²) in [5.74, 6) is 0.329. The molecule has 94 valence electrons. The monoisotopic (exact) mass is 298 g/mol. The van der Waals surface area contributed by atoms with Crippen LogP contribution in [0.1, 0.15) is 31.2 Å². The number of carbonyl (C=O) groups is 1. The average Bonchev–Trinajstić information content (AvgIpc) is 2.30. The molecule has 0 saturated carbocycles. The van der Waals surface area contributed by atoms with Crippen molar-refractivity contribution in [3.05, 3.63) is 34.3 Å². The lowest BCUT2D eigenvalue weighted by molar-refractivity contribution is -0.121. The van der Waals surface area contributed by atoms with Crippen LogP contribution >= 0.6 is 15.9 Å². The molecule has 3 nitrogen and oxygen atoms in total. The quantitative estimate of drug-likeness (QED) is 0.793. The van der Waals surface area contributed by atoms with Crippen LogP contribution < -0.4 is 11.1 Å². The van der Waals surface area contributed by atoms with E-state index < -0.39 is 0 Å². The van der Waals surface area contributed by atoms with Crippen molar-refractivity contribution in [1.82, 2.24) is 5.32 Å². The molecular weight excluding hydrogens is 280 g/mol. The van der Waals surface area contributed by atoms with Crippen LogP contribution in [0.4, 0.5) is 0 Å². The molecule has 1 unspecified atom stereocenters. The number of nitrogens with two attached hydrogens (primary N) is 1. The molecular formula is C13H19BrN2O. The second-order valence-corrected chi connectivity index (χ2v) is 5.06. The number of rotatable bonds is 6. The van der Waals surface area contributed by atoms with E-state index in [1.54, 1.807) is 0 Å². The molecule has 1 atom stereocenters. The molecule has 0 fully saturated rings. The van der Waals surface area contributed by atoms with Gasteiger partial charge in [-0.1, -0.05) is 35.0 Å². The van der Waals surface area contributed by atoms with Crippen LogP contribution in [-0.2, 0) is 4.79 Å². The molecule has 0 aliphatic heterocycles. The van der Waals surface area contributed by atoms with Gasteiger partial charge in [0.05, 0.1) is 0 Å². The highest BCUT2D eigenvalue weighted by Gasteiger charge is 2.10. The summed E-state index contributed by atoms with van der Waals surface area (Å²) in [6, 6.07) is 8.08. The molecule has 0 aliphatic rings. The normalized spacial score (nSPS) is 12.2. The minimum absolute atomic E-state index is 0.0915. The number of hydrogen-bond acceptors (Lipinski definition) is 2. The number of carbonyl (C=O) groups excluding carboxylic acids is 1. The lowest BCUT2D eigenvalue weighted by atomic mass is 9.97. The van der Waals surface area contributed by atoms with Crippen LogP contribution in [0.5, 0.6) is 0 Å². The van der Waals surface area contributed by atoms with E-state index >= 15 is 0 Å². The molecule has 0 bridgehead atoms. The summed E-state index contributed by atoms with van der Waals surface area (Å²) in [5.41, 5.74) is 6.55. The third kappa shape index (κ3) is 5.33. The predicted octanol–water partition coefficient (Wildman–Crippen LogP) is 2.41. The molecule has 0 spiro atoms. The van der Waals surface area contributed by atoms with Gasteiger partial charge in [0, 0.05) is 17.4 Å². The lowest BCUT2D eigenvalue weighted by Crippen LogP contribution is -2.26. The first-order chi connectivity index (χ1) is 8.13. The van der Waals surface area contributed by atoms with Crippen molar-refractivity contribution in [2.45, 2.75) is 25.7 Å². The van der Waals surface area contributed by atoms with Crippen LogP contribution in [-0.4, -0.2) is 19.0 Å². The van der Waals surface area contributed by atoms with Crippen LogP contribution in [0, 0.1) is 0 Å². The minimum atomic E-state index is 0.0915. The van der Waals surface area contributed by atoms with Gasteiger partial charge in [-0.2, -0.15) is 0 Å². The van der Waals surface area contributed by atoms with Crippen LogP contribution in [0.2, 0.25) is 0 Å². The van der Waals surface area contributed by atoms with Gasteiger partial charge >= 0.3 is 0 Å². The Hall–Kier alpha value is -0.870. The summed E-state index contributed by atoms with van der Waals surface area (Å²) in [6.45, 7) is 3.34. The zero-order chi connectivity index (χ0) is 12.7. The average molecular weight is 299 g/mol. The molecule has 1 rings (SSSR count). The highest BCUT2D eigenvalue weighted by Crippen LogP contribution is 2.20. The van der Waals surface area contributed by atoms with E-state index in [-0.39, 0.29) is 11.8 Å². The van der Waals surface area contributed by atoms with E-state index in [1.165, 1.54) is 5.56 Å². The fourth-order valence-electron chi connectivity index (χ4n) is 1.59. The molecule has 0 aromatic heterocycles. The van der Waals surface area contributed by atoms with Crippen LogP contribution in [0.3, 0.4) is 0 Å². The third-order valence-electron chi connectivity index (χ3n) is 2.63. The molecule has 0 radical (unpaired) electrons. The van der Waals surface area contributed by atoms with Gasteiger partial charge in [0.2, 0.25) is 5.91 Å². The highest BCUT2D eigenvalue weighted by atomic mass is 79.9. The Morgan fingerprint density at radius 3 is 2.65 bits per heavy atom. The van der Waals surface area contributed by atoms with Gasteiger partial charge < -0.3 is 11.1 Å². The van der Waals surface area contributed by atoms with Crippen molar-refractivity contribution in [2.75, 3.05) is 13.1 Å². The summed E-state index contributed by atoms with van der Waals surface area (Å²) in [6.07, 6.45) is 1.35. The highest BCUT2D eigenvalue weighted by molar-refractivity contribution is 9.10. The van der Waals surface area contributed by atoms with Gasteiger partial charge in [0.1, 0.15) is 0 Å². The van der Waals surface area contributed by atoms with Crippen LogP contribution in [0.25, 0.3) is 0 Å². The summed E-state index contributed by atoms with van der Waals surface area (Å²) < 4.78 is 1.06. The maximum atomic E-state index is 11.6. The second kappa shape index (κ2) is 7.45. The fourth-order valence-corrected chi connectivity index (χ4v) is 1.85. The van der Waals surface area contributed by atoms with Crippen molar-refractivity contribution in [2.24, 2.45) is 5.73 Å². The smallest absolute Gasteiger partial charge is 0.220 e. The lowest BCUT2D eigenvalue weighted by Gasteiger charge is -2.12. The number of amides is 1. The predicted molar refractivity (Wildman–Crippen MR) is 73.9 cm³/mol. The number of benzene rings is 1. The van der Waals surface area contributed by atoms with Crippen molar-refractivity contribution >= 4 is 21.8 Å². The molecule has 0 saturated heterocycles. The molecule has 1 aromatic rings. The summed E-state index contributed by atoms with van der Waals surface area (Å²) >= 11 is 3.40. The van der Waals surface area contributed by atoms with Gasteiger partial charge in [-0.25, -0.2) is 0 Å². The van der Waals surface area contributed by atoms with Crippen molar-refractivity contribution in [3.8, 4) is 0 Å². The number of hydrogen-bond donors (Lipinski definition) is 2. The first kappa shape index (κ1) is 14.2. The minimum Gasteiger partial charge on any atom is -0.356 e. The topological polar surface area (TPSA) is 55.1 Å². The number of halogens is 1. The Bertz CT molecular complexity index is 351. The van der Waals surface area contributed by atoms with Gasteiger partial charge in [0.25, 0.3) is 0 Å². The van der Waals surface area contributed by atoms with E-state index in [1.807, 2.05) is 24.3 Å². The first-order valence-corrected chi connectivity index (χ1v) is 6.65. The van der Waals surface area contributed by atoms with Gasteiger partial charge in [0.15, 0.2) is 0 Å². The molecule has 1 amide bonds. The fraction of sp³-hybridized carbons (Fsp3) is 0.462. The maximum Gasteiger partial charge on any atom is 0.220 e. The van der Waals surface area contributed by atoms with E-state index in [4.69, 9.17) is 5.73 Å². The second-order valence-electron chi connectivity index (χ2n) is 4.15. The molecule has 0 aliphatic carbocycles. The number of nitrogens with one attached hydrogen (secondary N) is 1. The Morgan fingerprint density at radius 1 is 1.41 bits per heavy atom. The molecule has 3 N–H and O–H groups in total. The van der Waals surface area contributed by atoms with E-state index in [0.717, 1.165) is 10.9 Å². The standard InChI is InChI=1S/C13H19BrN2O/c1-10(9-13(17)16-8-2-7-15)11-3-5-12(14)6-4-11/h3-6,10H,2,7-9,15H2,1H3,(H,16,17). The van der Waals surface area contributed by atoms with E-state index in [9.17, 15) is 4.79 Å². The van der Waals surface area contributed by atoms with Gasteiger partial charge in [-0.05, 0) is 36.6 Å². The summed E-state index contributed by atoms with van der Waals surface area (Å²) in [7, 11) is 0. The SMILES string of the molecule is CC(CC(=O)NCCCN)c1ccc(Br)cc1. The van der Waals surface area contributed by atoms with Crippen LogP contribution in [0.15, 0.2) is 28.7 Å². The summed E-state index contributed by atoms with van der Waals surface area (Å²) in [5, 5.41) is 2.87. The Morgan fingerprint density at radius 2 is 2.06 bits per heavy atom. The van der Waals surface area contributed by atoms with E-state index in [2.05, 4.69) is 28.2 Å². The molecule has 1 aromatic carbocycles. The Balaban J connectivity index is 2.40. The Kier molecular flexibility index (Phi) is 6.22. The largest absolute Gasteiger partial charge is 0.356 e.